The first-order chi connectivity index (χ1) is 15.6. The molecule has 0 heterocycles. The Hall–Kier alpha value is -3.50. The second kappa shape index (κ2) is 11.8. The van der Waals surface area contributed by atoms with Crippen LogP contribution in [-0.2, 0) is 13.2 Å². The Labute approximate surface area is 196 Å². The molecule has 164 valence electrons. The summed E-state index contributed by atoms with van der Waals surface area (Å²) in [5.41, 5.74) is 6.51. The Kier molecular flexibility index (Phi) is 8.52. The number of nitrogens with one attached hydrogen (secondary N) is 1. The fourth-order valence-corrected chi connectivity index (χ4v) is 3.57. The number of nitriles is 1. The van der Waals surface area contributed by atoms with Gasteiger partial charge in [0.15, 0.2) is 11.5 Å². The molecular weight excluding hydrogens is 470 g/mol. The molecule has 0 aliphatic heterocycles. The minimum atomic E-state index is 0.359. The van der Waals surface area contributed by atoms with Crippen LogP contribution in [0.4, 0.5) is 0 Å². The maximum atomic E-state index is 8.93. The lowest BCUT2D eigenvalue weighted by atomic mass is 10.1. The fourth-order valence-electron chi connectivity index (χ4n) is 3.00. The second-order valence-electron chi connectivity index (χ2n) is 6.77. The van der Waals surface area contributed by atoms with Crippen molar-refractivity contribution in [1.82, 2.24) is 5.43 Å². The minimum Gasteiger partial charge on any atom is -0.496 e. The van der Waals surface area contributed by atoms with Gasteiger partial charge in [0.2, 0.25) is 0 Å². The molecule has 0 aliphatic rings. The van der Waals surface area contributed by atoms with Gasteiger partial charge in [0.1, 0.15) is 12.4 Å². The van der Waals surface area contributed by atoms with Gasteiger partial charge in [-0.1, -0.05) is 30.3 Å². The Morgan fingerprint density at radius 3 is 2.56 bits per heavy atom. The Bertz CT molecular complexity index is 1110. The van der Waals surface area contributed by atoms with Gasteiger partial charge in [0.25, 0.3) is 0 Å². The van der Waals surface area contributed by atoms with E-state index < -0.39 is 0 Å². The summed E-state index contributed by atoms with van der Waals surface area (Å²) in [7, 11) is 1.65. The predicted molar refractivity (Wildman–Crippen MR) is 128 cm³/mol. The summed E-state index contributed by atoms with van der Waals surface area (Å²) in [4.78, 5) is 0. The SMILES string of the molecule is CCOc1cc(/C=N/NCc2ccccc2OC)cc(Br)c1OCc1ccc(C#N)cc1. The Balaban J connectivity index is 1.68. The molecule has 0 aliphatic carbocycles. The van der Waals surface area contributed by atoms with Crippen LogP contribution in [0.25, 0.3) is 0 Å². The average molecular weight is 494 g/mol. The predicted octanol–water partition coefficient (Wildman–Crippen LogP) is 5.43. The van der Waals surface area contributed by atoms with Crippen molar-refractivity contribution in [2.45, 2.75) is 20.1 Å². The molecule has 0 fully saturated rings. The molecule has 0 amide bonds. The smallest absolute Gasteiger partial charge is 0.175 e. The topological polar surface area (TPSA) is 75.9 Å². The average Bonchev–Trinajstić information content (AvgIpc) is 2.82. The first-order valence-corrected chi connectivity index (χ1v) is 10.9. The van der Waals surface area contributed by atoms with Gasteiger partial charge >= 0.3 is 0 Å². The lowest BCUT2D eigenvalue weighted by Gasteiger charge is -2.15. The number of para-hydroxylation sites is 1. The van der Waals surface area contributed by atoms with Crippen molar-refractivity contribution in [3.05, 3.63) is 87.4 Å². The molecule has 0 saturated heterocycles. The molecule has 0 bridgehead atoms. The van der Waals surface area contributed by atoms with Gasteiger partial charge in [-0.15, -0.1) is 0 Å². The van der Waals surface area contributed by atoms with Gasteiger partial charge in [-0.25, -0.2) is 0 Å². The standard InChI is InChI=1S/C25H24BrN3O3/c1-3-31-24-13-20(15-28-29-16-21-6-4-5-7-23(21)30-2)12-22(26)25(24)32-17-19-10-8-18(14-27)9-11-19/h4-13,15,29H,3,16-17H2,1-2H3/b28-15+. The molecule has 0 unspecified atom stereocenters. The van der Waals surface area contributed by atoms with E-state index in [1.807, 2.05) is 55.5 Å². The van der Waals surface area contributed by atoms with E-state index in [2.05, 4.69) is 32.5 Å². The van der Waals surface area contributed by atoms with Crippen molar-refractivity contribution in [2.24, 2.45) is 5.10 Å². The van der Waals surface area contributed by atoms with Crippen molar-refractivity contribution in [3.63, 3.8) is 0 Å². The van der Waals surface area contributed by atoms with E-state index in [1.54, 1.807) is 25.5 Å². The molecule has 1 N–H and O–H groups in total. The van der Waals surface area contributed by atoms with E-state index in [4.69, 9.17) is 19.5 Å². The van der Waals surface area contributed by atoms with E-state index in [0.29, 0.717) is 36.8 Å². The molecule has 6 nitrogen and oxygen atoms in total. The van der Waals surface area contributed by atoms with Crippen LogP contribution in [-0.4, -0.2) is 19.9 Å². The highest BCUT2D eigenvalue weighted by Gasteiger charge is 2.12. The van der Waals surface area contributed by atoms with E-state index in [0.717, 1.165) is 26.9 Å². The molecule has 32 heavy (non-hydrogen) atoms. The monoisotopic (exact) mass is 493 g/mol. The van der Waals surface area contributed by atoms with E-state index in [9.17, 15) is 0 Å². The normalized spacial score (nSPS) is 10.6. The summed E-state index contributed by atoms with van der Waals surface area (Å²) in [5.74, 6) is 2.07. The number of methoxy groups -OCH3 is 1. The zero-order chi connectivity index (χ0) is 22.8. The van der Waals surface area contributed by atoms with E-state index >= 15 is 0 Å². The van der Waals surface area contributed by atoms with Gasteiger partial charge in [0, 0.05) is 5.56 Å². The van der Waals surface area contributed by atoms with Crippen LogP contribution in [0.15, 0.2) is 70.2 Å². The van der Waals surface area contributed by atoms with Crippen molar-refractivity contribution < 1.29 is 14.2 Å². The number of ether oxygens (including phenoxy) is 3. The summed E-state index contributed by atoms with van der Waals surface area (Å²) in [5, 5.41) is 13.2. The summed E-state index contributed by atoms with van der Waals surface area (Å²) in [6, 6.07) is 21.0. The zero-order valence-corrected chi connectivity index (χ0v) is 19.6. The molecule has 0 radical (unpaired) electrons. The van der Waals surface area contributed by atoms with Crippen LogP contribution in [0.2, 0.25) is 0 Å². The molecule has 3 aromatic rings. The molecule has 0 aromatic heterocycles. The number of hydrogen-bond donors (Lipinski definition) is 1. The van der Waals surface area contributed by atoms with Crippen LogP contribution in [0, 0.1) is 11.3 Å². The maximum Gasteiger partial charge on any atom is 0.175 e. The highest BCUT2D eigenvalue weighted by atomic mass is 79.9. The molecule has 7 heteroatoms. The fraction of sp³-hybridized carbons (Fsp3) is 0.200. The van der Waals surface area contributed by atoms with Crippen molar-refractivity contribution in [2.75, 3.05) is 13.7 Å². The highest BCUT2D eigenvalue weighted by molar-refractivity contribution is 9.10. The van der Waals surface area contributed by atoms with Crippen molar-refractivity contribution in [1.29, 1.82) is 5.26 Å². The third kappa shape index (κ3) is 6.25. The second-order valence-corrected chi connectivity index (χ2v) is 7.62. The number of rotatable bonds is 10. The summed E-state index contributed by atoms with van der Waals surface area (Å²) >= 11 is 3.58. The summed E-state index contributed by atoms with van der Waals surface area (Å²) < 4.78 is 17.9. The van der Waals surface area contributed by atoms with E-state index in [1.165, 1.54) is 0 Å². The molecular formula is C25H24BrN3O3. The zero-order valence-electron chi connectivity index (χ0n) is 18.0. The van der Waals surface area contributed by atoms with Crippen LogP contribution in [0.3, 0.4) is 0 Å². The molecule has 0 atom stereocenters. The Morgan fingerprint density at radius 2 is 1.84 bits per heavy atom. The number of hydrogen-bond acceptors (Lipinski definition) is 6. The van der Waals surface area contributed by atoms with Gasteiger partial charge < -0.3 is 19.6 Å². The van der Waals surface area contributed by atoms with Crippen LogP contribution in [0.1, 0.15) is 29.2 Å². The van der Waals surface area contributed by atoms with Crippen LogP contribution >= 0.6 is 15.9 Å². The van der Waals surface area contributed by atoms with Crippen LogP contribution in [0.5, 0.6) is 17.2 Å². The van der Waals surface area contributed by atoms with Gasteiger partial charge in [0.05, 0.1) is 42.6 Å². The molecule has 0 spiro atoms. The number of hydrazone groups is 1. The van der Waals surface area contributed by atoms with Gasteiger partial charge in [-0.3, -0.25) is 0 Å². The number of benzene rings is 3. The maximum absolute atomic E-state index is 8.93. The summed E-state index contributed by atoms with van der Waals surface area (Å²) in [6.07, 6.45) is 1.73. The lowest BCUT2D eigenvalue weighted by Crippen LogP contribution is -2.07. The first kappa shape index (κ1) is 23.2. The third-order valence-electron chi connectivity index (χ3n) is 4.56. The first-order valence-electron chi connectivity index (χ1n) is 10.1. The lowest BCUT2D eigenvalue weighted by molar-refractivity contribution is 0.267. The summed E-state index contributed by atoms with van der Waals surface area (Å²) in [6.45, 7) is 3.34. The van der Waals surface area contributed by atoms with Crippen molar-refractivity contribution in [3.8, 4) is 23.3 Å². The number of nitrogens with zero attached hydrogens (tertiary/aromatic N) is 2. The van der Waals surface area contributed by atoms with Gasteiger partial charge in [-0.05, 0) is 64.3 Å². The molecule has 3 rings (SSSR count). The largest absolute Gasteiger partial charge is 0.496 e. The van der Waals surface area contributed by atoms with Crippen LogP contribution < -0.4 is 19.6 Å². The molecule has 0 saturated carbocycles. The Morgan fingerprint density at radius 1 is 1.06 bits per heavy atom. The minimum absolute atomic E-state index is 0.359. The van der Waals surface area contributed by atoms with Crippen molar-refractivity contribution >= 4 is 22.1 Å². The third-order valence-corrected chi connectivity index (χ3v) is 5.15. The quantitative estimate of drug-likeness (QED) is 0.301. The highest BCUT2D eigenvalue weighted by Crippen LogP contribution is 2.37. The molecule has 3 aromatic carbocycles. The van der Waals surface area contributed by atoms with E-state index in [-0.39, 0.29) is 0 Å². The van der Waals surface area contributed by atoms with Gasteiger partial charge in [-0.2, -0.15) is 10.4 Å². The number of halogens is 1.